The van der Waals surface area contributed by atoms with E-state index in [1.807, 2.05) is 30.5 Å². The highest BCUT2D eigenvalue weighted by atomic mass is 16.5. The molecule has 0 bridgehead atoms. The topological polar surface area (TPSA) is 105 Å². The van der Waals surface area contributed by atoms with Gasteiger partial charge < -0.3 is 15.4 Å². The van der Waals surface area contributed by atoms with Crippen LogP contribution in [0, 0.1) is 23.2 Å². The molecule has 3 unspecified atom stereocenters. The molecule has 2 heterocycles. The Morgan fingerprint density at radius 3 is 2.93 bits per heavy atom. The average molecular weight is 366 g/mol. The molecule has 8 heteroatoms. The molecule has 1 amide bonds. The zero-order chi connectivity index (χ0) is 18.8. The third-order valence-corrected chi connectivity index (χ3v) is 5.23. The largest absolute Gasteiger partial charge is 0.378 e. The zero-order valence-corrected chi connectivity index (χ0v) is 15.1. The normalized spacial score (nSPS) is 24.1. The quantitative estimate of drug-likeness (QED) is 0.742. The Hall–Kier alpha value is -2.76. The molecular formula is C19H22N6O2. The van der Waals surface area contributed by atoms with Gasteiger partial charge in [0.15, 0.2) is 0 Å². The van der Waals surface area contributed by atoms with Gasteiger partial charge >= 0.3 is 0 Å². The maximum Gasteiger partial charge on any atom is 0.238 e. The van der Waals surface area contributed by atoms with Crippen LogP contribution in [-0.2, 0) is 22.6 Å². The van der Waals surface area contributed by atoms with E-state index < -0.39 is 6.04 Å². The molecule has 1 aromatic heterocycles. The van der Waals surface area contributed by atoms with Crippen molar-refractivity contribution in [3.63, 3.8) is 0 Å². The van der Waals surface area contributed by atoms with Crippen LogP contribution in [0.2, 0.25) is 0 Å². The van der Waals surface area contributed by atoms with E-state index in [1.54, 1.807) is 11.8 Å². The van der Waals surface area contributed by atoms with E-state index >= 15 is 0 Å². The standard InChI is InChI=1S/C19H22N6O2/c1-27-11-15-10-25(24-23-15)16-4-2-12(3-5-16)6-14(8-20)22-19(26)18-17-7-13(17)9-21-18/h2-5,10,13-14,17-18,21H,6-7,9,11H2,1H3,(H,22,26)/t13?,14?,17-,18?/m0/s1. The molecule has 2 aliphatic rings. The Morgan fingerprint density at radius 1 is 1.48 bits per heavy atom. The summed E-state index contributed by atoms with van der Waals surface area (Å²) in [5.74, 6) is 1.04. The van der Waals surface area contributed by atoms with Gasteiger partial charge in [-0.05, 0) is 42.5 Å². The number of nitriles is 1. The molecule has 0 radical (unpaired) electrons. The number of amides is 1. The number of ether oxygens (including phenoxy) is 1. The molecule has 1 saturated heterocycles. The predicted octanol–water partition coefficient (Wildman–Crippen LogP) is 0.572. The van der Waals surface area contributed by atoms with Crippen LogP contribution in [0.15, 0.2) is 30.5 Å². The number of rotatable bonds is 7. The van der Waals surface area contributed by atoms with Gasteiger partial charge in [-0.1, -0.05) is 17.3 Å². The van der Waals surface area contributed by atoms with Gasteiger partial charge in [0.1, 0.15) is 11.7 Å². The second kappa shape index (κ2) is 7.47. The third-order valence-electron chi connectivity index (χ3n) is 5.23. The van der Waals surface area contributed by atoms with Crippen LogP contribution in [-0.4, -0.2) is 46.6 Å². The molecule has 4 rings (SSSR count). The van der Waals surface area contributed by atoms with Gasteiger partial charge in [0, 0.05) is 13.5 Å². The molecule has 140 valence electrons. The lowest BCUT2D eigenvalue weighted by atomic mass is 10.1. The van der Waals surface area contributed by atoms with Crippen molar-refractivity contribution in [3.8, 4) is 11.8 Å². The molecular weight excluding hydrogens is 344 g/mol. The van der Waals surface area contributed by atoms with Crippen molar-refractivity contribution in [2.75, 3.05) is 13.7 Å². The molecule has 1 saturated carbocycles. The molecule has 1 aliphatic carbocycles. The van der Waals surface area contributed by atoms with Gasteiger partial charge in [-0.25, -0.2) is 4.68 Å². The Morgan fingerprint density at radius 2 is 2.30 bits per heavy atom. The van der Waals surface area contributed by atoms with E-state index in [0.29, 0.717) is 24.9 Å². The smallest absolute Gasteiger partial charge is 0.238 e. The summed E-state index contributed by atoms with van der Waals surface area (Å²) in [5, 5.41) is 23.6. The first-order valence-corrected chi connectivity index (χ1v) is 9.11. The lowest BCUT2D eigenvalue weighted by molar-refractivity contribution is -0.123. The second-order valence-electron chi connectivity index (χ2n) is 7.19. The molecule has 1 aliphatic heterocycles. The summed E-state index contributed by atoms with van der Waals surface area (Å²) >= 11 is 0. The van der Waals surface area contributed by atoms with E-state index in [-0.39, 0.29) is 11.9 Å². The van der Waals surface area contributed by atoms with Crippen LogP contribution in [0.3, 0.4) is 0 Å². The van der Waals surface area contributed by atoms with Crippen molar-refractivity contribution < 1.29 is 9.53 Å². The summed E-state index contributed by atoms with van der Waals surface area (Å²) in [6, 6.07) is 9.24. The molecule has 0 spiro atoms. The fourth-order valence-electron chi connectivity index (χ4n) is 3.68. The van der Waals surface area contributed by atoms with Gasteiger partial charge in [-0.2, -0.15) is 5.26 Å². The van der Waals surface area contributed by atoms with Crippen LogP contribution in [0.1, 0.15) is 17.7 Å². The van der Waals surface area contributed by atoms with Crippen molar-refractivity contribution in [1.29, 1.82) is 5.26 Å². The molecule has 4 atom stereocenters. The number of piperidine rings is 1. The van der Waals surface area contributed by atoms with Crippen LogP contribution in [0.5, 0.6) is 0 Å². The SMILES string of the molecule is COCc1cn(-c2ccc(CC(C#N)NC(=O)C3NCC4C[C@@H]43)cc2)nn1. The van der Waals surface area contributed by atoms with Crippen molar-refractivity contribution in [1.82, 2.24) is 25.6 Å². The molecule has 27 heavy (non-hydrogen) atoms. The molecule has 8 nitrogen and oxygen atoms in total. The van der Waals surface area contributed by atoms with Crippen LogP contribution in [0.4, 0.5) is 0 Å². The van der Waals surface area contributed by atoms with Crippen molar-refractivity contribution in [2.24, 2.45) is 11.8 Å². The predicted molar refractivity (Wildman–Crippen MR) is 96.7 cm³/mol. The molecule has 2 N–H and O–H groups in total. The third kappa shape index (κ3) is 3.84. The van der Waals surface area contributed by atoms with Gasteiger partial charge in [-0.15, -0.1) is 5.10 Å². The minimum absolute atomic E-state index is 0.0588. The van der Waals surface area contributed by atoms with Gasteiger partial charge in [0.2, 0.25) is 5.91 Å². The van der Waals surface area contributed by atoms with Crippen LogP contribution < -0.4 is 10.6 Å². The monoisotopic (exact) mass is 366 g/mol. The first-order valence-electron chi connectivity index (χ1n) is 9.11. The average Bonchev–Trinajstić information content (AvgIpc) is 3.10. The molecule has 2 fully saturated rings. The summed E-state index contributed by atoms with van der Waals surface area (Å²) in [4.78, 5) is 12.4. The van der Waals surface area contributed by atoms with Crippen molar-refractivity contribution in [3.05, 3.63) is 41.7 Å². The van der Waals surface area contributed by atoms with E-state index in [4.69, 9.17) is 4.74 Å². The molecule has 1 aromatic carbocycles. The highest BCUT2D eigenvalue weighted by molar-refractivity contribution is 5.83. The second-order valence-corrected chi connectivity index (χ2v) is 7.19. The van der Waals surface area contributed by atoms with Gasteiger partial charge in [-0.3, -0.25) is 4.79 Å². The van der Waals surface area contributed by atoms with E-state index in [1.165, 1.54) is 0 Å². The van der Waals surface area contributed by atoms with E-state index in [0.717, 1.165) is 29.9 Å². The number of methoxy groups -OCH3 is 1. The van der Waals surface area contributed by atoms with Crippen molar-refractivity contribution in [2.45, 2.75) is 31.5 Å². The Balaban J connectivity index is 1.36. The lowest BCUT2D eigenvalue weighted by Gasteiger charge is -2.17. The number of benzene rings is 1. The number of carbonyl (C=O) groups is 1. The van der Waals surface area contributed by atoms with Crippen molar-refractivity contribution >= 4 is 5.91 Å². The number of fused-ring (bicyclic) bond motifs is 1. The molecule has 2 aromatic rings. The first-order chi connectivity index (χ1) is 13.2. The summed E-state index contributed by atoms with van der Waals surface area (Å²) in [7, 11) is 1.62. The van der Waals surface area contributed by atoms with Gasteiger partial charge in [0.05, 0.1) is 30.6 Å². The highest BCUT2D eigenvalue weighted by Crippen LogP contribution is 2.45. The zero-order valence-electron chi connectivity index (χ0n) is 15.1. The number of carbonyl (C=O) groups excluding carboxylic acids is 1. The minimum Gasteiger partial charge on any atom is -0.378 e. The fraction of sp³-hybridized carbons (Fsp3) is 0.474. The summed E-state index contributed by atoms with van der Waals surface area (Å²) in [6.45, 7) is 1.33. The number of aromatic nitrogens is 3. The minimum atomic E-state index is -0.539. The number of nitrogens with one attached hydrogen (secondary N) is 2. The number of hydrogen-bond donors (Lipinski definition) is 2. The summed E-state index contributed by atoms with van der Waals surface area (Å²) in [5.41, 5.74) is 2.61. The maximum atomic E-state index is 12.4. The number of hydrogen-bond acceptors (Lipinski definition) is 6. The Kier molecular flexibility index (Phi) is 4.88. The van der Waals surface area contributed by atoms with Gasteiger partial charge in [0.25, 0.3) is 0 Å². The Labute approximate surface area is 157 Å². The van der Waals surface area contributed by atoms with Crippen LogP contribution >= 0.6 is 0 Å². The summed E-state index contributed by atoms with van der Waals surface area (Å²) in [6.07, 6.45) is 3.41. The highest BCUT2D eigenvalue weighted by Gasteiger charge is 2.51. The first kappa shape index (κ1) is 17.6. The van der Waals surface area contributed by atoms with E-state index in [2.05, 4.69) is 27.0 Å². The van der Waals surface area contributed by atoms with Crippen LogP contribution in [0.25, 0.3) is 5.69 Å². The lowest BCUT2D eigenvalue weighted by Crippen LogP contribution is -2.47. The Bertz CT molecular complexity index is 856. The summed E-state index contributed by atoms with van der Waals surface area (Å²) < 4.78 is 6.72. The fourth-order valence-corrected chi connectivity index (χ4v) is 3.68. The number of nitrogens with zero attached hydrogens (tertiary/aromatic N) is 4. The van der Waals surface area contributed by atoms with E-state index in [9.17, 15) is 10.1 Å². The maximum absolute atomic E-state index is 12.4.